The Morgan fingerprint density at radius 1 is 1.38 bits per heavy atom. The van der Waals surface area contributed by atoms with Crippen molar-refractivity contribution in [2.45, 2.75) is 25.1 Å². The summed E-state index contributed by atoms with van der Waals surface area (Å²) < 4.78 is 37.1. The molecule has 2 N–H and O–H groups in total. The normalized spacial score (nSPS) is 16.2. The highest BCUT2D eigenvalue weighted by molar-refractivity contribution is 5.47. The van der Waals surface area contributed by atoms with Gasteiger partial charge in [-0.15, -0.1) is 0 Å². The van der Waals surface area contributed by atoms with Crippen molar-refractivity contribution in [3.05, 3.63) is 18.3 Å². The zero-order valence-electron chi connectivity index (χ0n) is 8.54. The molecule has 0 amide bonds. The molecule has 2 rings (SSSR count). The van der Waals surface area contributed by atoms with E-state index in [2.05, 4.69) is 4.98 Å². The fourth-order valence-electron chi connectivity index (χ4n) is 1.54. The van der Waals surface area contributed by atoms with Crippen LogP contribution in [0.5, 0.6) is 0 Å². The second-order valence-corrected chi connectivity index (χ2v) is 3.92. The topological polar surface area (TPSA) is 42.1 Å². The number of nitrogens with two attached hydrogens (primary N) is 1. The molecule has 1 aliphatic carbocycles. The highest BCUT2D eigenvalue weighted by atomic mass is 19.4. The monoisotopic (exact) mass is 231 g/mol. The van der Waals surface area contributed by atoms with Crippen LogP contribution >= 0.6 is 0 Å². The van der Waals surface area contributed by atoms with Gasteiger partial charge in [-0.3, -0.25) is 0 Å². The first kappa shape index (κ1) is 11.0. The molecule has 0 atom stereocenters. The lowest BCUT2D eigenvalue weighted by Crippen LogP contribution is -2.36. The molecule has 0 bridgehead atoms. The Morgan fingerprint density at radius 3 is 2.50 bits per heavy atom. The van der Waals surface area contributed by atoms with Crippen molar-refractivity contribution in [1.29, 1.82) is 0 Å². The third-order valence-corrected chi connectivity index (χ3v) is 2.40. The zero-order chi connectivity index (χ0) is 11.8. The fraction of sp³-hybridized carbons (Fsp3) is 0.500. The Hall–Kier alpha value is -1.46. The van der Waals surface area contributed by atoms with Crippen LogP contribution in [0.1, 0.15) is 12.8 Å². The Bertz CT molecular complexity index is 357. The van der Waals surface area contributed by atoms with Gasteiger partial charge in [0.25, 0.3) is 0 Å². The van der Waals surface area contributed by atoms with Crippen molar-refractivity contribution in [3.63, 3.8) is 0 Å². The van der Waals surface area contributed by atoms with Crippen LogP contribution in [0.4, 0.5) is 24.7 Å². The predicted molar refractivity (Wildman–Crippen MR) is 55.1 cm³/mol. The van der Waals surface area contributed by atoms with E-state index in [0.29, 0.717) is 11.5 Å². The number of hydrogen-bond donors (Lipinski definition) is 1. The molecule has 1 heterocycles. The Labute approximate surface area is 91.1 Å². The van der Waals surface area contributed by atoms with Gasteiger partial charge in [0.2, 0.25) is 0 Å². The molecule has 1 aromatic rings. The number of nitrogens with zero attached hydrogens (tertiary/aromatic N) is 2. The van der Waals surface area contributed by atoms with Gasteiger partial charge in [-0.1, -0.05) is 0 Å². The van der Waals surface area contributed by atoms with Gasteiger partial charge >= 0.3 is 6.18 Å². The number of halogens is 3. The third-order valence-electron chi connectivity index (χ3n) is 2.40. The minimum atomic E-state index is -4.20. The summed E-state index contributed by atoms with van der Waals surface area (Å²) in [7, 11) is 0. The molecular weight excluding hydrogens is 219 g/mol. The van der Waals surface area contributed by atoms with Crippen molar-refractivity contribution < 1.29 is 13.2 Å². The summed E-state index contributed by atoms with van der Waals surface area (Å²) in [6.45, 7) is -0.950. The van der Waals surface area contributed by atoms with Crippen molar-refractivity contribution in [2.24, 2.45) is 0 Å². The average molecular weight is 231 g/mol. The van der Waals surface area contributed by atoms with Gasteiger partial charge in [0.15, 0.2) is 0 Å². The highest BCUT2D eigenvalue weighted by Gasteiger charge is 2.38. The number of pyridine rings is 1. The van der Waals surface area contributed by atoms with Crippen LogP contribution in [0.25, 0.3) is 0 Å². The Morgan fingerprint density at radius 2 is 2.06 bits per heavy atom. The van der Waals surface area contributed by atoms with Crippen LogP contribution in [0.3, 0.4) is 0 Å². The zero-order valence-corrected chi connectivity index (χ0v) is 8.54. The summed E-state index contributed by atoms with van der Waals surface area (Å²) in [6, 6.07) is 3.06. The second-order valence-electron chi connectivity index (χ2n) is 3.92. The first-order valence-electron chi connectivity index (χ1n) is 5.00. The molecule has 0 aromatic carbocycles. The number of rotatable bonds is 3. The van der Waals surface area contributed by atoms with Crippen LogP contribution in [0.15, 0.2) is 18.3 Å². The molecule has 1 saturated carbocycles. The quantitative estimate of drug-likeness (QED) is 0.867. The van der Waals surface area contributed by atoms with Crippen LogP contribution < -0.4 is 10.6 Å². The molecule has 0 saturated heterocycles. The second kappa shape index (κ2) is 3.84. The van der Waals surface area contributed by atoms with E-state index in [1.165, 1.54) is 17.2 Å². The first-order chi connectivity index (χ1) is 7.46. The van der Waals surface area contributed by atoms with Crippen molar-refractivity contribution in [2.75, 3.05) is 17.2 Å². The fourth-order valence-corrected chi connectivity index (χ4v) is 1.54. The summed E-state index contributed by atoms with van der Waals surface area (Å²) in [5, 5.41) is 0. The SMILES string of the molecule is Nc1ccc(N(CC(F)(F)F)C2CC2)nc1. The number of aromatic nitrogens is 1. The van der Waals surface area contributed by atoms with E-state index in [4.69, 9.17) is 5.73 Å². The third kappa shape index (κ3) is 2.77. The highest BCUT2D eigenvalue weighted by Crippen LogP contribution is 2.33. The van der Waals surface area contributed by atoms with E-state index < -0.39 is 12.7 Å². The predicted octanol–water partition coefficient (Wildman–Crippen LogP) is 2.19. The first-order valence-corrected chi connectivity index (χ1v) is 5.00. The number of alkyl halides is 3. The smallest absolute Gasteiger partial charge is 0.397 e. The summed E-state index contributed by atoms with van der Waals surface area (Å²) in [5.74, 6) is 0.342. The standard InChI is InChI=1S/C10H12F3N3/c11-10(12,13)6-16(8-2-3-8)9-4-1-7(14)5-15-9/h1,4-5,8H,2-3,6,14H2. The van der Waals surface area contributed by atoms with Crippen LogP contribution in [0, 0.1) is 0 Å². The maximum atomic E-state index is 12.4. The molecule has 3 nitrogen and oxygen atoms in total. The van der Waals surface area contributed by atoms with E-state index in [0.717, 1.165) is 12.8 Å². The lowest BCUT2D eigenvalue weighted by Gasteiger charge is -2.24. The van der Waals surface area contributed by atoms with Gasteiger partial charge in [0.05, 0.1) is 11.9 Å². The molecule has 0 aliphatic heterocycles. The van der Waals surface area contributed by atoms with Crippen LogP contribution in [0.2, 0.25) is 0 Å². The molecular formula is C10H12F3N3. The Balaban J connectivity index is 2.16. The largest absolute Gasteiger partial charge is 0.405 e. The van der Waals surface area contributed by atoms with Crippen molar-refractivity contribution >= 4 is 11.5 Å². The van der Waals surface area contributed by atoms with Gasteiger partial charge in [-0.05, 0) is 25.0 Å². The molecule has 1 fully saturated rings. The maximum absolute atomic E-state index is 12.4. The van der Waals surface area contributed by atoms with Gasteiger partial charge in [-0.25, -0.2) is 4.98 Å². The maximum Gasteiger partial charge on any atom is 0.405 e. The van der Waals surface area contributed by atoms with Crippen LogP contribution in [-0.4, -0.2) is 23.7 Å². The molecule has 16 heavy (non-hydrogen) atoms. The molecule has 0 radical (unpaired) electrons. The van der Waals surface area contributed by atoms with Gasteiger partial charge in [-0.2, -0.15) is 13.2 Å². The average Bonchev–Trinajstić information content (AvgIpc) is 2.97. The number of hydrogen-bond acceptors (Lipinski definition) is 3. The van der Waals surface area contributed by atoms with E-state index >= 15 is 0 Å². The molecule has 1 aliphatic rings. The van der Waals surface area contributed by atoms with E-state index in [1.807, 2.05) is 0 Å². The van der Waals surface area contributed by atoms with Gasteiger partial charge < -0.3 is 10.6 Å². The number of nitrogen functional groups attached to an aromatic ring is 1. The minimum absolute atomic E-state index is 0.0299. The van der Waals surface area contributed by atoms with E-state index in [1.54, 1.807) is 6.07 Å². The Kier molecular flexibility index (Phi) is 2.65. The lowest BCUT2D eigenvalue weighted by molar-refractivity contribution is -0.120. The van der Waals surface area contributed by atoms with E-state index in [-0.39, 0.29) is 6.04 Å². The molecule has 0 spiro atoms. The van der Waals surface area contributed by atoms with E-state index in [9.17, 15) is 13.2 Å². The summed E-state index contributed by atoms with van der Waals surface area (Å²) in [6.07, 6.45) is -1.24. The van der Waals surface area contributed by atoms with Gasteiger partial charge in [0.1, 0.15) is 12.4 Å². The van der Waals surface area contributed by atoms with Crippen LogP contribution in [-0.2, 0) is 0 Å². The van der Waals surface area contributed by atoms with Crippen molar-refractivity contribution in [3.8, 4) is 0 Å². The lowest BCUT2D eigenvalue weighted by atomic mass is 10.3. The summed E-state index contributed by atoms with van der Waals surface area (Å²) in [4.78, 5) is 5.22. The van der Waals surface area contributed by atoms with Gasteiger partial charge in [0, 0.05) is 6.04 Å². The molecule has 1 aromatic heterocycles. The molecule has 0 unspecified atom stereocenters. The summed E-state index contributed by atoms with van der Waals surface area (Å²) in [5.41, 5.74) is 5.89. The minimum Gasteiger partial charge on any atom is -0.397 e. The molecule has 88 valence electrons. The molecule has 6 heteroatoms. The van der Waals surface area contributed by atoms with Crippen molar-refractivity contribution in [1.82, 2.24) is 4.98 Å². The number of anilines is 2. The summed E-state index contributed by atoms with van der Waals surface area (Å²) >= 11 is 0.